The van der Waals surface area contributed by atoms with Crippen LogP contribution in [0.3, 0.4) is 0 Å². The Hall–Kier alpha value is -2.18. The van der Waals surface area contributed by atoms with Gasteiger partial charge in [-0.25, -0.2) is 4.99 Å². The molecule has 0 saturated carbocycles. The van der Waals surface area contributed by atoms with E-state index in [1.165, 1.54) is 16.7 Å². The highest BCUT2D eigenvalue weighted by Gasteiger charge is 2.31. The van der Waals surface area contributed by atoms with Crippen LogP contribution in [0.5, 0.6) is 5.75 Å². The predicted molar refractivity (Wildman–Crippen MR) is 93.1 cm³/mol. The molecule has 5 nitrogen and oxygen atoms in total. The highest BCUT2D eigenvalue weighted by Crippen LogP contribution is 2.33. The van der Waals surface area contributed by atoms with Gasteiger partial charge in [-0.05, 0) is 36.6 Å². The number of nitrogens with zero attached hydrogens (tertiary/aromatic N) is 2. The fourth-order valence-electron chi connectivity index (χ4n) is 2.16. The number of hydrogen-bond acceptors (Lipinski definition) is 5. The van der Waals surface area contributed by atoms with Gasteiger partial charge in [-0.15, -0.1) is 0 Å². The second-order valence-electron chi connectivity index (χ2n) is 4.60. The maximum atomic E-state index is 12.7. The fraction of sp³-hybridized carbons (Fsp3) is 0.125. The molecule has 0 atom stereocenters. The highest BCUT2D eigenvalue weighted by atomic mass is 35.5. The SMILES string of the molecule is COc1ccc(N2C(=O)/C(=C/c3ccco3)N=C2SC)cc1Cl. The van der Waals surface area contributed by atoms with Crippen molar-refractivity contribution in [3.63, 3.8) is 0 Å². The van der Waals surface area contributed by atoms with E-state index in [0.717, 1.165) is 0 Å². The molecule has 0 spiro atoms. The van der Waals surface area contributed by atoms with Crippen molar-refractivity contribution in [1.29, 1.82) is 0 Å². The van der Waals surface area contributed by atoms with Crippen LogP contribution in [0, 0.1) is 0 Å². The van der Waals surface area contributed by atoms with Crippen LogP contribution in [0.15, 0.2) is 51.7 Å². The lowest BCUT2D eigenvalue weighted by Gasteiger charge is -2.17. The summed E-state index contributed by atoms with van der Waals surface area (Å²) in [4.78, 5) is 18.6. The number of benzene rings is 1. The summed E-state index contributed by atoms with van der Waals surface area (Å²) >= 11 is 7.54. The number of rotatable bonds is 3. The minimum atomic E-state index is -0.230. The molecule has 2 aromatic rings. The molecule has 23 heavy (non-hydrogen) atoms. The molecule has 2 heterocycles. The summed E-state index contributed by atoms with van der Waals surface area (Å²) in [5.41, 5.74) is 0.952. The maximum absolute atomic E-state index is 12.7. The van der Waals surface area contributed by atoms with Crippen LogP contribution in [-0.4, -0.2) is 24.4 Å². The van der Waals surface area contributed by atoms with E-state index in [-0.39, 0.29) is 5.91 Å². The van der Waals surface area contributed by atoms with Gasteiger partial charge in [0.15, 0.2) is 5.17 Å². The molecule has 118 valence electrons. The molecule has 0 fully saturated rings. The first-order valence-corrected chi connectivity index (χ1v) is 8.30. The number of hydrogen-bond donors (Lipinski definition) is 0. The second-order valence-corrected chi connectivity index (χ2v) is 5.78. The largest absolute Gasteiger partial charge is 0.495 e. The number of thioether (sulfide) groups is 1. The van der Waals surface area contributed by atoms with E-state index in [4.69, 9.17) is 20.8 Å². The number of carbonyl (C=O) groups is 1. The third-order valence-electron chi connectivity index (χ3n) is 3.23. The molecule has 0 radical (unpaired) electrons. The Labute approximate surface area is 142 Å². The summed E-state index contributed by atoms with van der Waals surface area (Å²) in [7, 11) is 1.54. The molecule has 0 unspecified atom stereocenters. The lowest BCUT2D eigenvalue weighted by atomic mass is 10.2. The number of amidine groups is 1. The molecule has 0 N–H and O–H groups in total. The van der Waals surface area contributed by atoms with Gasteiger partial charge in [0.1, 0.15) is 17.2 Å². The number of halogens is 1. The number of aliphatic imine (C=N–C) groups is 1. The Morgan fingerprint density at radius 1 is 1.39 bits per heavy atom. The van der Waals surface area contributed by atoms with E-state index in [9.17, 15) is 4.79 Å². The van der Waals surface area contributed by atoms with Crippen LogP contribution < -0.4 is 9.64 Å². The van der Waals surface area contributed by atoms with E-state index in [1.807, 2.05) is 6.26 Å². The van der Waals surface area contributed by atoms with Gasteiger partial charge in [-0.3, -0.25) is 9.69 Å². The summed E-state index contributed by atoms with van der Waals surface area (Å²) in [6, 6.07) is 8.69. The molecule has 3 rings (SSSR count). The van der Waals surface area contributed by atoms with Gasteiger partial charge in [-0.2, -0.15) is 0 Å². The lowest BCUT2D eigenvalue weighted by Crippen LogP contribution is -2.30. The van der Waals surface area contributed by atoms with E-state index in [1.54, 1.807) is 49.8 Å². The molecule has 0 aliphatic carbocycles. The Kier molecular flexibility index (Phi) is 4.45. The number of methoxy groups -OCH3 is 1. The van der Waals surface area contributed by atoms with Crippen molar-refractivity contribution in [3.8, 4) is 5.75 Å². The zero-order chi connectivity index (χ0) is 16.4. The average molecular weight is 349 g/mol. The Balaban J connectivity index is 1.98. The van der Waals surface area contributed by atoms with Gasteiger partial charge in [0.05, 0.1) is 24.1 Å². The summed E-state index contributed by atoms with van der Waals surface area (Å²) in [6.07, 6.45) is 5.02. The van der Waals surface area contributed by atoms with Gasteiger partial charge in [0.25, 0.3) is 5.91 Å². The topological polar surface area (TPSA) is 55.0 Å². The number of amides is 1. The summed E-state index contributed by atoms with van der Waals surface area (Å²) in [6.45, 7) is 0. The summed E-state index contributed by atoms with van der Waals surface area (Å²) in [5.74, 6) is 0.898. The quantitative estimate of drug-likeness (QED) is 0.785. The van der Waals surface area contributed by atoms with Gasteiger partial charge in [0.2, 0.25) is 0 Å². The van der Waals surface area contributed by atoms with E-state index >= 15 is 0 Å². The molecule has 1 aliphatic rings. The Morgan fingerprint density at radius 3 is 2.83 bits per heavy atom. The number of carbonyl (C=O) groups excluding carboxylic acids is 1. The molecular formula is C16H13ClN2O3S. The summed E-state index contributed by atoms with van der Waals surface area (Å²) < 4.78 is 10.4. The fourth-order valence-corrected chi connectivity index (χ4v) is 2.98. The van der Waals surface area contributed by atoms with Gasteiger partial charge >= 0.3 is 0 Å². The van der Waals surface area contributed by atoms with Crippen LogP contribution in [0.1, 0.15) is 5.76 Å². The molecule has 7 heteroatoms. The maximum Gasteiger partial charge on any atom is 0.283 e. The Morgan fingerprint density at radius 2 is 2.22 bits per heavy atom. The van der Waals surface area contributed by atoms with Crippen molar-refractivity contribution < 1.29 is 13.9 Å². The minimum Gasteiger partial charge on any atom is -0.495 e. The minimum absolute atomic E-state index is 0.230. The van der Waals surface area contributed by atoms with E-state index in [0.29, 0.717) is 33.1 Å². The van der Waals surface area contributed by atoms with Crippen LogP contribution in [0.4, 0.5) is 5.69 Å². The zero-order valence-electron chi connectivity index (χ0n) is 12.4. The second kappa shape index (κ2) is 6.52. The van der Waals surface area contributed by atoms with Gasteiger partial charge in [0, 0.05) is 6.08 Å². The van der Waals surface area contributed by atoms with E-state index < -0.39 is 0 Å². The first-order valence-electron chi connectivity index (χ1n) is 6.70. The average Bonchev–Trinajstić information content (AvgIpc) is 3.16. The zero-order valence-corrected chi connectivity index (χ0v) is 14.0. The van der Waals surface area contributed by atoms with E-state index in [2.05, 4.69) is 4.99 Å². The van der Waals surface area contributed by atoms with Gasteiger partial charge in [-0.1, -0.05) is 23.4 Å². The number of anilines is 1. The predicted octanol–water partition coefficient (Wildman–Crippen LogP) is 4.05. The number of ether oxygens (including phenoxy) is 1. The van der Waals surface area contributed by atoms with Crippen molar-refractivity contribution in [1.82, 2.24) is 0 Å². The molecule has 1 aliphatic heterocycles. The highest BCUT2D eigenvalue weighted by molar-refractivity contribution is 8.13. The molecule has 0 bridgehead atoms. The lowest BCUT2D eigenvalue weighted by molar-refractivity contribution is -0.113. The van der Waals surface area contributed by atoms with Gasteiger partial charge < -0.3 is 9.15 Å². The molecule has 1 amide bonds. The monoisotopic (exact) mass is 348 g/mol. The summed E-state index contributed by atoms with van der Waals surface area (Å²) in [5, 5.41) is 1.01. The van der Waals surface area contributed by atoms with Crippen LogP contribution in [0.25, 0.3) is 6.08 Å². The van der Waals surface area contributed by atoms with Crippen LogP contribution in [-0.2, 0) is 4.79 Å². The molecule has 1 aromatic heterocycles. The third-order valence-corrected chi connectivity index (χ3v) is 4.16. The smallest absolute Gasteiger partial charge is 0.283 e. The third kappa shape index (κ3) is 3.00. The normalized spacial score (nSPS) is 16.1. The van der Waals surface area contributed by atoms with Crippen molar-refractivity contribution in [3.05, 3.63) is 53.1 Å². The first kappa shape index (κ1) is 15.7. The van der Waals surface area contributed by atoms with Crippen molar-refractivity contribution >= 4 is 46.2 Å². The van der Waals surface area contributed by atoms with Crippen molar-refractivity contribution in [2.24, 2.45) is 4.99 Å². The Bertz CT molecular complexity index is 800. The first-order chi connectivity index (χ1) is 11.1. The standard InChI is InChI=1S/C16H13ClN2O3S/c1-21-14-6-5-10(8-12(14)17)19-15(20)13(18-16(19)23-2)9-11-4-3-7-22-11/h3-9H,1-2H3/b13-9-. The van der Waals surface area contributed by atoms with Crippen molar-refractivity contribution in [2.75, 3.05) is 18.3 Å². The van der Waals surface area contributed by atoms with Crippen LogP contribution in [0.2, 0.25) is 5.02 Å². The molecular weight excluding hydrogens is 336 g/mol. The molecule has 1 aromatic carbocycles. The van der Waals surface area contributed by atoms with Crippen LogP contribution >= 0.6 is 23.4 Å². The van der Waals surface area contributed by atoms with Crippen molar-refractivity contribution in [2.45, 2.75) is 0 Å². The molecule has 0 saturated heterocycles. The number of furan rings is 1.